The molecule has 0 fully saturated rings. The molecule has 16 heavy (non-hydrogen) atoms. The van der Waals surface area contributed by atoms with Crippen LogP contribution in [0.15, 0.2) is 18.2 Å². The third-order valence-electron chi connectivity index (χ3n) is 2.01. The third-order valence-corrected chi connectivity index (χ3v) is 2.01. The molecule has 1 atom stereocenters. The summed E-state index contributed by atoms with van der Waals surface area (Å²) >= 11 is 0. The van der Waals surface area contributed by atoms with Gasteiger partial charge in [-0.05, 0) is 13.0 Å². The molecule has 0 radical (unpaired) electrons. The Morgan fingerprint density at radius 1 is 1.69 bits per heavy atom. The summed E-state index contributed by atoms with van der Waals surface area (Å²) in [4.78, 5) is 9.70. The van der Waals surface area contributed by atoms with Crippen LogP contribution in [0.1, 0.15) is 18.9 Å². The highest BCUT2D eigenvalue weighted by Crippen LogP contribution is 2.17. The zero-order chi connectivity index (χ0) is 12.3. The van der Waals surface area contributed by atoms with E-state index in [0.29, 0.717) is 0 Å². The first-order chi connectivity index (χ1) is 7.41. The molecule has 0 aliphatic carbocycles. The minimum atomic E-state index is -0.764. The summed E-state index contributed by atoms with van der Waals surface area (Å²) in [7, 11) is 0. The number of nitro benzene ring substituents is 1. The zero-order valence-corrected chi connectivity index (χ0v) is 8.74. The van der Waals surface area contributed by atoms with Crippen molar-refractivity contribution in [2.24, 2.45) is 5.73 Å². The molecule has 0 spiro atoms. The van der Waals surface area contributed by atoms with Crippen LogP contribution in [0.25, 0.3) is 0 Å². The molecule has 0 unspecified atom stereocenters. The summed E-state index contributed by atoms with van der Waals surface area (Å²) in [6, 6.07) is 2.97. The first kappa shape index (κ1) is 12.3. The van der Waals surface area contributed by atoms with E-state index in [0.717, 1.165) is 6.07 Å². The van der Waals surface area contributed by atoms with Crippen LogP contribution >= 0.6 is 0 Å². The van der Waals surface area contributed by atoms with Crippen LogP contribution in [0.5, 0.6) is 0 Å². The minimum absolute atomic E-state index is 0.0439. The fourth-order valence-electron chi connectivity index (χ4n) is 1.29. The van der Waals surface area contributed by atoms with Crippen LogP contribution in [-0.4, -0.2) is 16.7 Å². The molecular formula is C10H12FN3O2. The molecule has 0 aromatic heterocycles. The van der Waals surface area contributed by atoms with Gasteiger partial charge in [-0.15, -0.1) is 0 Å². The highest BCUT2D eigenvalue weighted by molar-refractivity contribution is 5.98. The van der Waals surface area contributed by atoms with Gasteiger partial charge in [-0.2, -0.15) is 0 Å². The van der Waals surface area contributed by atoms with E-state index in [-0.39, 0.29) is 29.4 Å². The number of nitro groups is 1. The van der Waals surface area contributed by atoms with E-state index in [1.54, 1.807) is 6.92 Å². The van der Waals surface area contributed by atoms with Gasteiger partial charge in [0, 0.05) is 29.8 Å². The highest BCUT2D eigenvalue weighted by atomic mass is 19.1. The van der Waals surface area contributed by atoms with E-state index in [4.69, 9.17) is 11.1 Å². The lowest BCUT2D eigenvalue weighted by Gasteiger charge is -2.07. The van der Waals surface area contributed by atoms with Crippen molar-refractivity contribution in [3.05, 3.63) is 39.7 Å². The van der Waals surface area contributed by atoms with Gasteiger partial charge in [0.2, 0.25) is 0 Å². The molecule has 1 aromatic rings. The van der Waals surface area contributed by atoms with Crippen LogP contribution in [0.2, 0.25) is 0 Å². The number of hydrogen-bond donors (Lipinski definition) is 2. The molecule has 1 rings (SSSR count). The van der Waals surface area contributed by atoms with Crippen LogP contribution in [0.4, 0.5) is 10.1 Å². The van der Waals surface area contributed by atoms with E-state index >= 15 is 0 Å². The van der Waals surface area contributed by atoms with E-state index < -0.39 is 10.7 Å². The number of nitrogens with one attached hydrogen (secondary N) is 1. The molecule has 0 aliphatic rings. The zero-order valence-electron chi connectivity index (χ0n) is 8.74. The fraction of sp³-hybridized carbons (Fsp3) is 0.300. The normalized spacial score (nSPS) is 12.2. The number of nitrogens with zero attached hydrogens (tertiary/aromatic N) is 1. The number of non-ortho nitro benzene ring substituents is 1. The van der Waals surface area contributed by atoms with Crippen molar-refractivity contribution in [3.63, 3.8) is 0 Å². The van der Waals surface area contributed by atoms with E-state index in [1.165, 1.54) is 12.1 Å². The molecule has 3 N–H and O–H groups in total. The minimum Gasteiger partial charge on any atom is -0.328 e. The lowest BCUT2D eigenvalue weighted by molar-refractivity contribution is -0.385. The van der Waals surface area contributed by atoms with Gasteiger partial charge < -0.3 is 11.1 Å². The summed E-state index contributed by atoms with van der Waals surface area (Å²) in [5.74, 6) is -0.764. The number of halogens is 1. The monoisotopic (exact) mass is 225 g/mol. The Hall–Kier alpha value is -1.82. The lowest BCUT2D eigenvalue weighted by atomic mass is 10.0. The summed E-state index contributed by atoms with van der Waals surface area (Å²) in [6.45, 7) is 1.71. The Bertz CT molecular complexity index is 432. The Kier molecular flexibility index (Phi) is 3.68. The molecule has 6 heteroatoms. The number of nitrogens with two attached hydrogens (primary N) is 1. The molecule has 0 saturated carbocycles. The smallest absolute Gasteiger partial charge is 0.272 e. The SMILES string of the molecule is C[C@@H](N)CC(=N)c1ccc([N+](=O)[O-])cc1F. The second kappa shape index (κ2) is 4.80. The highest BCUT2D eigenvalue weighted by Gasteiger charge is 2.14. The van der Waals surface area contributed by atoms with Gasteiger partial charge in [0.15, 0.2) is 0 Å². The molecule has 1 aromatic carbocycles. The van der Waals surface area contributed by atoms with Crippen molar-refractivity contribution in [2.45, 2.75) is 19.4 Å². The van der Waals surface area contributed by atoms with E-state index in [2.05, 4.69) is 0 Å². The van der Waals surface area contributed by atoms with Gasteiger partial charge in [-0.1, -0.05) is 0 Å². The number of hydrogen-bond acceptors (Lipinski definition) is 4. The predicted molar refractivity (Wildman–Crippen MR) is 58.1 cm³/mol. The van der Waals surface area contributed by atoms with Crippen molar-refractivity contribution in [3.8, 4) is 0 Å². The second-order valence-corrected chi connectivity index (χ2v) is 3.58. The number of rotatable bonds is 4. The van der Waals surface area contributed by atoms with Gasteiger partial charge in [-0.3, -0.25) is 10.1 Å². The maximum atomic E-state index is 13.4. The topological polar surface area (TPSA) is 93.0 Å². The second-order valence-electron chi connectivity index (χ2n) is 3.58. The van der Waals surface area contributed by atoms with Gasteiger partial charge in [-0.25, -0.2) is 4.39 Å². The molecular weight excluding hydrogens is 213 g/mol. The van der Waals surface area contributed by atoms with E-state index in [1.807, 2.05) is 0 Å². The molecule has 0 aliphatic heterocycles. The Morgan fingerprint density at radius 2 is 2.31 bits per heavy atom. The average molecular weight is 225 g/mol. The maximum Gasteiger partial charge on any atom is 0.272 e. The van der Waals surface area contributed by atoms with Gasteiger partial charge in [0.1, 0.15) is 5.82 Å². The lowest BCUT2D eigenvalue weighted by Crippen LogP contribution is -2.20. The third kappa shape index (κ3) is 2.83. The van der Waals surface area contributed by atoms with Gasteiger partial charge >= 0.3 is 0 Å². The van der Waals surface area contributed by atoms with Crippen LogP contribution in [-0.2, 0) is 0 Å². The van der Waals surface area contributed by atoms with Crippen molar-refractivity contribution in [2.75, 3.05) is 0 Å². The number of benzene rings is 1. The Balaban J connectivity index is 2.99. The van der Waals surface area contributed by atoms with Gasteiger partial charge in [0.05, 0.1) is 11.0 Å². The predicted octanol–water partition coefficient (Wildman–Crippen LogP) is 1.84. The summed E-state index contributed by atoms with van der Waals surface area (Å²) in [6.07, 6.45) is 0.231. The summed E-state index contributed by atoms with van der Waals surface area (Å²) in [5, 5.41) is 18.0. The van der Waals surface area contributed by atoms with Crippen molar-refractivity contribution in [1.29, 1.82) is 5.41 Å². The van der Waals surface area contributed by atoms with Gasteiger partial charge in [0.25, 0.3) is 5.69 Å². The molecule has 86 valence electrons. The molecule has 0 bridgehead atoms. The summed E-state index contributed by atoms with van der Waals surface area (Å²) in [5.41, 5.74) is 5.27. The molecule has 0 heterocycles. The quantitative estimate of drug-likeness (QED) is 0.465. The largest absolute Gasteiger partial charge is 0.328 e. The van der Waals surface area contributed by atoms with Crippen molar-refractivity contribution < 1.29 is 9.31 Å². The van der Waals surface area contributed by atoms with E-state index in [9.17, 15) is 14.5 Å². The van der Waals surface area contributed by atoms with Crippen molar-refractivity contribution in [1.82, 2.24) is 0 Å². The van der Waals surface area contributed by atoms with Crippen molar-refractivity contribution >= 4 is 11.4 Å². The standard InChI is InChI=1S/C10H12FN3O2/c1-6(12)4-10(13)8-3-2-7(14(15)16)5-9(8)11/h2-3,5-6,13H,4,12H2,1H3/t6-/m1/s1. The maximum absolute atomic E-state index is 13.4. The molecule has 0 saturated heterocycles. The average Bonchev–Trinajstić information content (AvgIpc) is 2.15. The van der Waals surface area contributed by atoms with Crippen LogP contribution in [0, 0.1) is 21.3 Å². The molecule has 0 amide bonds. The Morgan fingerprint density at radius 3 is 2.75 bits per heavy atom. The van der Waals surface area contributed by atoms with Crippen LogP contribution in [0.3, 0.4) is 0 Å². The molecule has 5 nitrogen and oxygen atoms in total. The first-order valence-electron chi connectivity index (χ1n) is 4.69. The summed E-state index contributed by atoms with van der Waals surface area (Å²) < 4.78 is 13.4. The fourth-order valence-corrected chi connectivity index (χ4v) is 1.29. The Labute approximate surface area is 91.7 Å². The first-order valence-corrected chi connectivity index (χ1v) is 4.69. The van der Waals surface area contributed by atoms with Crippen LogP contribution < -0.4 is 5.73 Å².